The summed E-state index contributed by atoms with van der Waals surface area (Å²) >= 11 is 0. The van der Waals surface area contributed by atoms with Crippen molar-refractivity contribution in [3.8, 4) is 5.75 Å². The normalized spacial score (nSPS) is 17.5. The van der Waals surface area contributed by atoms with Gasteiger partial charge in [-0.25, -0.2) is 0 Å². The Balaban J connectivity index is 1.27. The SMILES string of the molecule is COc1ccccc1CCC(=O)N1CCN(CC(=O)c2cc(C)n(C3CCCC3)c2C)CC1. The van der Waals surface area contributed by atoms with Gasteiger partial charge >= 0.3 is 0 Å². The Morgan fingerprint density at radius 1 is 1.03 bits per heavy atom. The molecular formula is C27H37N3O3. The molecule has 1 amide bonds. The van der Waals surface area contributed by atoms with Crippen LogP contribution in [-0.2, 0) is 11.2 Å². The topological polar surface area (TPSA) is 54.8 Å². The second-order valence-electron chi connectivity index (χ2n) is 9.49. The van der Waals surface area contributed by atoms with Crippen LogP contribution in [0.3, 0.4) is 0 Å². The van der Waals surface area contributed by atoms with E-state index in [1.165, 1.54) is 31.4 Å². The van der Waals surface area contributed by atoms with Gasteiger partial charge in [0.25, 0.3) is 0 Å². The molecule has 178 valence electrons. The number of ketones is 1. The molecule has 0 N–H and O–H groups in total. The molecule has 4 rings (SSSR count). The number of amides is 1. The molecule has 1 aliphatic heterocycles. The number of rotatable bonds is 8. The number of hydrogen-bond acceptors (Lipinski definition) is 4. The van der Waals surface area contributed by atoms with Crippen LogP contribution >= 0.6 is 0 Å². The molecule has 1 aromatic carbocycles. The number of piperazine rings is 1. The first-order chi connectivity index (χ1) is 16.0. The van der Waals surface area contributed by atoms with Gasteiger partial charge in [-0.2, -0.15) is 0 Å². The van der Waals surface area contributed by atoms with Gasteiger partial charge in [0.2, 0.25) is 5.91 Å². The summed E-state index contributed by atoms with van der Waals surface area (Å²) in [5, 5.41) is 0. The molecule has 0 radical (unpaired) electrons. The van der Waals surface area contributed by atoms with E-state index in [0.717, 1.165) is 35.7 Å². The van der Waals surface area contributed by atoms with Crippen molar-refractivity contribution in [2.24, 2.45) is 0 Å². The van der Waals surface area contributed by atoms with Crippen molar-refractivity contribution in [1.29, 1.82) is 0 Å². The lowest BCUT2D eigenvalue weighted by atomic mass is 10.1. The first-order valence-electron chi connectivity index (χ1n) is 12.3. The third kappa shape index (κ3) is 5.32. The molecule has 1 saturated heterocycles. The first-order valence-corrected chi connectivity index (χ1v) is 12.3. The van der Waals surface area contributed by atoms with Gasteiger partial charge < -0.3 is 14.2 Å². The highest BCUT2D eigenvalue weighted by molar-refractivity contribution is 5.99. The molecule has 2 heterocycles. The smallest absolute Gasteiger partial charge is 0.222 e. The highest BCUT2D eigenvalue weighted by atomic mass is 16.5. The minimum Gasteiger partial charge on any atom is -0.496 e. The van der Waals surface area contributed by atoms with Crippen molar-refractivity contribution in [2.75, 3.05) is 39.8 Å². The number of Topliss-reactive ketones (excluding diaryl/α,β-unsaturated/α-hetero) is 1. The van der Waals surface area contributed by atoms with Crippen LogP contribution < -0.4 is 4.74 Å². The lowest BCUT2D eigenvalue weighted by molar-refractivity contribution is -0.132. The van der Waals surface area contributed by atoms with Crippen molar-refractivity contribution in [3.63, 3.8) is 0 Å². The fourth-order valence-corrected chi connectivity index (χ4v) is 5.54. The fraction of sp³-hybridized carbons (Fsp3) is 0.556. The number of para-hydroxylation sites is 1. The molecule has 2 aromatic rings. The molecule has 0 spiro atoms. The van der Waals surface area contributed by atoms with Crippen LogP contribution in [0.4, 0.5) is 0 Å². The zero-order valence-electron chi connectivity index (χ0n) is 20.3. The molecule has 2 aliphatic rings. The second kappa shape index (κ2) is 10.6. The molecule has 6 nitrogen and oxygen atoms in total. The van der Waals surface area contributed by atoms with Crippen molar-refractivity contribution in [2.45, 2.75) is 58.4 Å². The number of methoxy groups -OCH3 is 1. The summed E-state index contributed by atoms with van der Waals surface area (Å²) in [6, 6.07) is 10.5. The number of carbonyl (C=O) groups excluding carboxylic acids is 2. The molecule has 1 saturated carbocycles. The number of aryl methyl sites for hydroxylation is 2. The number of benzene rings is 1. The summed E-state index contributed by atoms with van der Waals surface area (Å²) in [5.74, 6) is 1.20. The van der Waals surface area contributed by atoms with Gasteiger partial charge in [0.1, 0.15) is 5.75 Å². The molecule has 0 atom stereocenters. The van der Waals surface area contributed by atoms with Gasteiger partial charge in [-0.05, 0) is 50.8 Å². The highest BCUT2D eigenvalue weighted by Crippen LogP contribution is 2.33. The predicted molar refractivity (Wildman–Crippen MR) is 130 cm³/mol. The minimum absolute atomic E-state index is 0.173. The number of carbonyl (C=O) groups is 2. The molecule has 1 aromatic heterocycles. The Morgan fingerprint density at radius 3 is 2.42 bits per heavy atom. The third-order valence-electron chi connectivity index (χ3n) is 7.37. The van der Waals surface area contributed by atoms with Crippen molar-refractivity contribution >= 4 is 11.7 Å². The summed E-state index contributed by atoms with van der Waals surface area (Å²) in [5.41, 5.74) is 4.25. The average Bonchev–Trinajstić information content (AvgIpc) is 3.45. The quantitative estimate of drug-likeness (QED) is 0.565. The molecule has 0 unspecified atom stereocenters. The van der Waals surface area contributed by atoms with Gasteiger partial charge in [-0.15, -0.1) is 0 Å². The zero-order valence-corrected chi connectivity index (χ0v) is 20.3. The largest absolute Gasteiger partial charge is 0.496 e. The van der Waals surface area contributed by atoms with E-state index in [9.17, 15) is 9.59 Å². The third-order valence-corrected chi connectivity index (χ3v) is 7.37. The van der Waals surface area contributed by atoms with Crippen LogP contribution in [0.25, 0.3) is 0 Å². The van der Waals surface area contributed by atoms with E-state index in [1.807, 2.05) is 29.2 Å². The van der Waals surface area contributed by atoms with Crippen molar-refractivity contribution in [1.82, 2.24) is 14.4 Å². The molecular weight excluding hydrogens is 414 g/mol. The zero-order chi connectivity index (χ0) is 23.4. The van der Waals surface area contributed by atoms with Crippen LogP contribution in [0.2, 0.25) is 0 Å². The number of nitrogens with zero attached hydrogens (tertiary/aromatic N) is 3. The van der Waals surface area contributed by atoms with Gasteiger partial charge in [0, 0.05) is 55.6 Å². The van der Waals surface area contributed by atoms with Crippen LogP contribution in [0, 0.1) is 13.8 Å². The van der Waals surface area contributed by atoms with E-state index in [1.54, 1.807) is 7.11 Å². The summed E-state index contributed by atoms with van der Waals surface area (Å²) in [6.45, 7) is 7.49. The maximum Gasteiger partial charge on any atom is 0.222 e. The van der Waals surface area contributed by atoms with E-state index in [-0.39, 0.29) is 11.7 Å². The summed E-state index contributed by atoms with van der Waals surface area (Å²) in [6.07, 6.45) is 6.17. The Hall–Kier alpha value is -2.60. The molecule has 0 bridgehead atoms. The van der Waals surface area contributed by atoms with E-state index >= 15 is 0 Å². The minimum atomic E-state index is 0.173. The van der Waals surface area contributed by atoms with E-state index in [0.29, 0.717) is 38.5 Å². The Labute approximate surface area is 197 Å². The molecule has 6 heteroatoms. The maximum atomic E-state index is 13.1. The average molecular weight is 452 g/mol. The Morgan fingerprint density at radius 2 is 1.73 bits per heavy atom. The van der Waals surface area contributed by atoms with Crippen molar-refractivity contribution < 1.29 is 14.3 Å². The standard InChI is InChI=1S/C27H37N3O3/c1-20-18-24(21(2)30(20)23-9-5-6-10-23)25(31)19-28-14-16-29(17-15-28)27(32)13-12-22-8-4-7-11-26(22)33-3/h4,7-8,11,18,23H,5-6,9-10,12-17,19H2,1-3H3. The van der Waals surface area contributed by atoms with Crippen LogP contribution in [0.5, 0.6) is 5.75 Å². The Bertz CT molecular complexity index is 982. The van der Waals surface area contributed by atoms with E-state index in [4.69, 9.17) is 4.74 Å². The molecule has 33 heavy (non-hydrogen) atoms. The van der Waals surface area contributed by atoms with Crippen LogP contribution in [0.15, 0.2) is 30.3 Å². The highest BCUT2D eigenvalue weighted by Gasteiger charge is 2.26. The van der Waals surface area contributed by atoms with Gasteiger partial charge in [0.15, 0.2) is 5.78 Å². The monoisotopic (exact) mass is 451 g/mol. The number of hydrogen-bond donors (Lipinski definition) is 0. The lowest BCUT2D eigenvalue weighted by Gasteiger charge is -2.34. The number of ether oxygens (including phenoxy) is 1. The number of aromatic nitrogens is 1. The van der Waals surface area contributed by atoms with Gasteiger partial charge in [-0.3, -0.25) is 14.5 Å². The summed E-state index contributed by atoms with van der Waals surface area (Å²) in [7, 11) is 1.66. The van der Waals surface area contributed by atoms with E-state index < -0.39 is 0 Å². The van der Waals surface area contributed by atoms with Crippen LogP contribution in [0.1, 0.15) is 65.5 Å². The summed E-state index contributed by atoms with van der Waals surface area (Å²) < 4.78 is 7.78. The first kappa shape index (κ1) is 23.6. The van der Waals surface area contributed by atoms with Crippen LogP contribution in [-0.4, -0.2) is 65.9 Å². The Kier molecular flexibility index (Phi) is 7.53. The molecule has 2 fully saturated rings. The maximum absolute atomic E-state index is 13.1. The summed E-state index contributed by atoms with van der Waals surface area (Å²) in [4.78, 5) is 30.0. The van der Waals surface area contributed by atoms with Gasteiger partial charge in [0.05, 0.1) is 13.7 Å². The second-order valence-corrected chi connectivity index (χ2v) is 9.49. The predicted octanol–water partition coefficient (Wildman–Crippen LogP) is 4.19. The van der Waals surface area contributed by atoms with E-state index in [2.05, 4.69) is 29.4 Å². The molecule has 1 aliphatic carbocycles. The lowest BCUT2D eigenvalue weighted by Crippen LogP contribution is -2.50. The van der Waals surface area contributed by atoms with Gasteiger partial charge in [-0.1, -0.05) is 31.0 Å². The fourth-order valence-electron chi connectivity index (χ4n) is 5.54. The van der Waals surface area contributed by atoms with Crippen molar-refractivity contribution in [3.05, 3.63) is 52.8 Å².